The van der Waals surface area contributed by atoms with E-state index in [1.165, 1.54) is 14.2 Å². The summed E-state index contributed by atoms with van der Waals surface area (Å²) in [5.41, 5.74) is 7.02. The lowest BCUT2D eigenvalue weighted by Gasteiger charge is -2.31. The van der Waals surface area contributed by atoms with Crippen LogP contribution in [0.1, 0.15) is 88.1 Å². The van der Waals surface area contributed by atoms with Crippen molar-refractivity contribution in [2.75, 3.05) is 20.8 Å². The number of carbonyl (C=O) groups is 3. The molecule has 59 heavy (non-hydrogen) atoms. The number of H-pyrrole nitrogens is 2. The van der Waals surface area contributed by atoms with Crippen molar-refractivity contribution in [3.05, 3.63) is 103 Å². The van der Waals surface area contributed by atoms with Crippen LogP contribution in [0.15, 0.2) is 85.5 Å². The van der Waals surface area contributed by atoms with Crippen LogP contribution in [0.25, 0.3) is 33.6 Å². The topological polar surface area (TPSA) is 167 Å². The first-order chi connectivity index (χ1) is 28.6. The zero-order valence-corrected chi connectivity index (χ0v) is 34.4. The molecule has 1 aliphatic heterocycles. The molecule has 3 aliphatic rings. The predicted molar refractivity (Wildman–Crippen MR) is 224 cm³/mol. The van der Waals surface area contributed by atoms with E-state index in [0.29, 0.717) is 24.2 Å². The predicted octanol–water partition coefficient (Wildman–Crippen LogP) is 7.60. The monoisotopic (exact) mass is 798 g/mol. The molecule has 8 rings (SSSR count). The molecule has 4 heterocycles. The van der Waals surface area contributed by atoms with E-state index in [-0.39, 0.29) is 41.7 Å². The lowest BCUT2D eigenvalue weighted by atomic mass is 9.78. The summed E-state index contributed by atoms with van der Waals surface area (Å²) in [6, 6.07) is 19.5. The van der Waals surface area contributed by atoms with Gasteiger partial charge in [0.25, 0.3) is 0 Å². The molecule has 1 saturated heterocycles. The molecule has 0 radical (unpaired) electrons. The van der Waals surface area contributed by atoms with Gasteiger partial charge >= 0.3 is 6.09 Å². The Morgan fingerprint density at radius 1 is 0.780 bits per heavy atom. The number of ether oxygens (including phenoxy) is 2. The Morgan fingerprint density at radius 2 is 1.41 bits per heavy atom. The van der Waals surface area contributed by atoms with Gasteiger partial charge in [-0.1, -0.05) is 68.4 Å². The molecule has 13 heteroatoms. The van der Waals surface area contributed by atoms with E-state index in [2.05, 4.69) is 92.9 Å². The third kappa shape index (κ3) is 8.12. The molecular weight excluding hydrogens is 745 g/mol. The number of benzene rings is 2. The Hall–Kier alpha value is -5.82. The maximum atomic E-state index is 14.0. The molecule has 308 valence electrons. The van der Waals surface area contributed by atoms with Gasteiger partial charge in [0.2, 0.25) is 11.8 Å². The van der Waals surface area contributed by atoms with Crippen LogP contribution >= 0.6 is 0 Å². The fourth-order valence-electron chi connectivity index (χ4n) is 9.69. The van der Waals surface area contributed by atoms with Crippen molar-refractivity contribution >= 4 is 17.9 Å². The quantitative estimate of drug-likeness (QED) is 0.0946. The number of aromatic nitrogens is 5. The number of carbonyl (C=O) groups excluding carboxylic acids is 3. The van der Waals surface area contributed by atoms with Crippen molar-refractivity contribution in [2.24, 2.45) is 23.7 Å². The van der Waals surface area contributed by atoms with Gasteiger partial charge in [0.15, 0.2) is 0 Å². The first-order valence-corrected chi connectivity index (χ1v) is 20.8. The summed E-state index contributed by atoms with van der Waals surface area (Å²) in [6.45, 7) is 6.57. The largest absolute Gasteiger partial charge is 0.453 e. The average molecular weight is 799 g/mol. The van der Waals surface area contributed by atoms with Crippen LogP contribution in [0.3, 0.4) is 0 Å². The van der Waals surface area contributed by atoms with E-state index in [0.717, 1.165) is 77.1 Å². The van der Waals surface area contributed by atoms with Gasteiger partial charge < -0.3 is 35.0 Å². The molecule has 3 unspecified atom stereocenters. The minimum absolute atomic E-state index is 0.0694. The van der Waals surface area contributed by atoms with Crippen LogP contribution < -0.4 is 10.6 Å². The van der Waals surface area contributed by atoms with Gasteiger partial charge in [-0.05, 0) is 90.7 Å². The number of likely N-dealkylation sites (tertiary alicyclic amines) is 1. The number of imidazole rings is 2. The molecule has 4 N–H and O–H groups in total. The SMILES string of the molecule is COC(=O)N[C@H](C(=O)N1CCC[C@H]1c1ncc(-c2ccc(-c3ccc(-c4cnc([C@@H]5C6CCC(C6)C5C(=O)N[C@H](c5cccnc5)C(C)C)[nH]4)cc3)cc2)[nH]1)[C@@H](C)OC. The highest BCUT2D eigenvalue weighted by molar-refractivity contribution is 5.87. The fraction of sp³-hybridized carbons (Fsp3) is 0.435. The second kappa shape index (κ2) is 17.2. The molecule has 0 spiro atoms. The number of amides is 3. The van der Waals surface area contributed by atoms with Crippen molar-refractivity contribution in [1.82, 2.24) is 40.5 Å². The highest BCUT2D eigenvalue weighted by Crippen LogP contribution is 2.56. The normalized spacial score (nSPS) is 22.6. The Balaban J connectivity index is 0.928. The number of aromatic amines is 2. The molecule has 8 atom stereocenters. The smallest absolute Gasteiger partial charge is 0.407 e. The summed E-state index contributed by atoms with van der Waals surface area (Å²) in [6.07, 6.45) is 11.0. The molecule has 13 nitrogen and oxygen atoms in total. The third-order valence-electron chi connectivity index (χ3n) is 12.9. The minimum Gasteiger partial charge on any atom is -0.453 e. The number of hydrogen-bond acceptors (Lipinski definition) is 8. The first kappa shape index (κ1) is 40.0. The number of alkyl carbamates (subject to hydrolysis) is 1. The van der Waals surface area contributed by atoms with Crippen molar-refractivity contribution < 1.29 is 23.9 Å². The number of rotatable bonds is 13. The molecule has 3 amide bonds. The lowest BCUT2D eigenvalue weighted by Crippen LogP contribution is -2.54. The number of fused-ring (bicyclic) bond motifs is 2. The van der Waals surface area contributed by atoms with Crippen LogP contribution in [-0.2, 0) is 19.1 Å². The summed E-state index contributed by atoms with van der Waals surface area (Å²) >= 11 is 0. The number of nitrogens with zero attached hydrogens (tertiary/aromatic N) is 4. The zero-order valence-electron chi connectivity index (χ0n) is 34.4. The van der Waals surface area contributed by atoms with Gasteiger partial charge in [-0.25, -0.2) is 14.8 Å². The lowest BCUT2D eigenvalue weighted by molar-refractivity contribution is -0.137. The molecule has 5 aromatic rings. The van der Waals surface area contributed by atoms with Crippen molar-refractivity contribution in [3.63, 3.8) is 0 Å². The second-order valence-corrected chi connectivity index (χ2v) is 16.7. The van der Waals surface area contributed by atoms with Gasteiger partial charge in [-0.3, -0.25) is 14.6 Å². The van der Waals surface area contributed by atoms with Gasteiger partial charge in [-0.2, -0.15) is 0 Å². The Morgan fingerprint density at radius 3 is 2.02 bits per heavy atom. The summed E-state index contributed by atoms with van der Waals surface area (Å²) in [4.78, 5) is 62.4. The molecule has 2 bridgehead atoms. The van der Waals surface area contributed by atoms with E-state index >= 15 is 0 Å². The third-order valence-corrected chi connectivity index (χ3v) is 12.9. The van der Waals surface area contributed by atoms with E-state index in [4.69, 9.17) is 14.5 Å². The summed E-state index contributed by atoms with van der Waals surface area (Å²) in [5, 5.41) is 6.04. The highest BCUT2D eigenvalue weighted by Gasteiger charge is 2.52. The van der Waals surface area contributed by atoms with Crippen molar-refractivity contribution in [3.8, 4) is 33.6 Å². The minimum atomic E-state index is -0.887. The summed E-state index contributed by atoms with van der Waals surface area (Å²) < 4.78 is 10.2. The van der Waals surface area contributed by atoms with Crippen molar-refractivity contribution in [2.45, 2.75) is 83.0 Å². The van der Waals surface area contributed by atoms with Crippen LogP contribution in [-0.4, -0.2) is 80.6 Å². The van der Waals surface area contributed by atoms with Gasteiger partial charge in [-0.15, -0.1) is 0 Å². The highest BCUT2D eigenvalue weighted by atomic mass is 16.5. The molecule has 2 aliphatic carbocycles. The number of hydrogen-bond donors (Lipinski definition) is 4. The molecule has 3 aromatic heterocycles. The van der Waals surface area contributed by atoms with Crippen LogP contribution in [0.4, 0.5) is 4.79 Å². The van der Waals surface area contributed by atoms with Crippen LogP contribution in [0, 0.1) is 23.7 Å². The number of nitrogens with one attached hydrogen (secondary N) is 4. The van der Waals surface area contributed by atoms with Crippen molar-refractivity contribution in [1.29, 1.82) is 0 Å². The maximum absolute atomic E-state index is 14.0. The Bertz CT molecular complexity index is 2240. The Labute approximate surface area is 345 Å². The molecular formula is C46H54N8O5. The zero-order chi connectivity index (χ0) is 41.2. The molecule has 2 saturated carbocycles. The van der Waals surface area contributed by atoms with E-state index in [1.807, 2.05) is 24.5 Å². The van der Waals surface area contributed by atoms with Crippen LogP contribution in [0.5, 0.6) is 0 Å². The maximum Gasteiger partial charge on any atom is 0.407 e. The van der Waals surface area contributed by atoms with E-state index in [9.17, 15) is 14.4 Å². The van der Waals surface area contributed by atoms with Gasteiger partial charge in [0, 0.05) is 32.0 Å². The Kier molecular flexibility index (Phi) is 11.6. The fourth-order valence-corrected chi connectivity index (χ4v) is 9.69. The average Bonchev–Trinajstić information content (AvgIpc) is 4.13. The van der Waals surface area contributed by atoms with Gasteiger partial charge in [0.05, 0.1) is 55.0 Å². The number of methoxy groups -OCH3 is 2. The summed E-state index contributed by atoms with van der Waals surface area (Å²) in [5.74, 6) is 2.51. The van der Waals surface area contributed by atoms with Crippen LogP contribution in [0.2, 0.25) is 0 Å². The van der Waals surface area contributed by atoms with E-state index < -0.39 is 18.2 Å². The molecule has 2 aromatic carbocycles. The molecule has 3 fully saturated rings. The standard InChI is InChI=1S/C46H54N8O5/c1-26(2)40(34-8-6-20-47-23-34)52-44(55)39-33-19-18-32(22-33)38(39)43-49-25-36(51-43)31-16-12-29(13-17-31)28-10-14-30(15-11-28)35-24-48-42(50-35)37-9-7-21-54(37)45(56)41(27(3)58-4)53-46(57)59-5/h6,8,10-17,20,23-27,32-33,37-41H,7,9,18-19,21-22H2,1-5H3,(H,48,50)(H,49,51)(H,52,55)(H,53,57)/t27-,32?,33?,37+,38-,39?,40+,41+/m1/s1. The summed E-state index contributed by atoms with van der Waals surface area (Å²) in [7, 11) is 2.77. The number of pyridine rings is 1. The second-order valence-electron chi connectivity index (χ2n) is 16.7. The van der Waals surface area contributed by atoms with Gasteiger partial charge in [0.1, 0.15) is 17.7 Å². The van der Waals surface area contributed by atoms with E-state index in [1.54, 1.807) is 24.2 Å². The first-order valence-electron chi connectivity index (χ1n) is 20.8.